The molecule has 2 saturated heterocycles. The molecule has 0 saturated carbocycles. The smallest absolute Gasteiger partial charge is 0.252 e. The predicted octanol–water partition coefficient (Wildman–Crippen LogP) is 2.54. The number of carbonyl (C=O) groups is 1. The normalized spacial score (nSPS) is 23.0. The molecule has 2 aliphatic heterocycles. The molecule has 4 rings (SSSR count). The number of amidine groups is 1. The predicted molar refractivity (Wildman–Crippen MR) is 121 cm³/mol. The molecular formula is C22H24N2O5S2. The topological polar surface area (TPSA) is 85.3 Å². The van der Waals surface area contributed by atoms with Crippen LogP contribution in [0, 0.1) is 0 Å². The van der Waals surface area contributed by atoms with Crippen molar-refractivity contribution in [2.45, 2.75) is 24.3 Å². The Morgan fingerprint density at radius 3 is 2.55 bits per heavy atom. The quantitative estimate of drug-likeness (QED) is 0.655. The number of methoxy groups -OCH3 is 2. The van der Waals surface area contributed by atoms with Gasteiger partial charge in [-0.3, -0.25) is 4.79 Å². The standard InChI is InChI=1S/C22H24N2O5S2/c1-28-17-9-7-15(8-10-17)12-24-18-13-31(26,27)14-20(18)30-22(24)23-21(25)11-16-5-3-4-6-19(16)29-2/h3-10,18,20H,11-14H2,1-2H3/t18-,20+/m1/s1. The number of amides is 1. The van der Waals surface area contributed by atoms with Crippen LogP contribution in [-0.4, -0.2) is 61.4 Å². The molecule has 2 aliphatic rings. The van der Waals surface area contributed by atoms with Crippen molar-refractivity contribution in [2.75, 3.05) is 25.7 Å². The zero-order valence-electron chi connectivity index (χ0n) is 17.4. The number of thioether (sulfide) groups is 1. The fraction of sp³-hybridized carbons (Fsp3) is 0.364. The molecule has 9 heteroatoms. The maximum Gasteiger partial charge on any atom is 0.252 e. The molecule has 0 aromatic heterocycles. The first kappa shape index (κ1) is 21.7. The first-order valence-electron chi connectivity index (χ1n) is 9.88. The molecule has 7 nitrogen and oxygen atoms in total. The number of benzene rings is 2. The van der Waals surface area contributed by atoms with Gasteiger partial charge in [-0.25, -0.2) is 8.42 Å². The zero-order valence-corrected chi connectivity index (χ0v) is 19.0. The fourth-order valence-corrected chi connectivity index (χ4v) is 7.87. The van der Waals surface area contributed by atoms with E-state index in [1.807, 2.05) is 53.4 Å². The van der Waals surface area contributed by atoms with Crippen LogP contribution < -0.4 is 9.47 Å². The van der Waals surface area contributed by atoms with Gasteiger partial charge in [-0.2, -0.15) is 4.99 Å². The molecule has 0 radical (unpaired) electrons. The van der Waals surface area contributed by atoms with E-state index in [1.54, 1.807) is 14.2 Å². The molecule has 0 N–H and O–H groups in total. The van der Waals surface area contributed by atoms with Crippen LogP contribution in [0.15, 0.2) is 53.5 Å². The van der Waals surface area contributed by atoms with Gasteiger partial charge >= 0.3 is 0 Å². The third-order valence-corrected chi connectivity index (χ3v) is 8.69. The highest BCUT2D eigenvalue weighted by Gasteiger charge is 2.48. The summed E-state index contributed by atoms with van der Waals surface area (Å²) in [5.41, 5.74) is 1.77. The number of hydrogen-bond donors (Lipinski definition) is 0. The van der Waals surface area contributed by atoms with E-state index in [-0.39, 0.29) is 35.1 Å². The molecule has 1 amide bonds. The van der Waals surface area contributed by atoms with E-state index in [0.717, 1.165) is 16.9 Å². The highest BCUT2D eigenvalue weighted by Crippen LogP contribution is 2.39. The lowest BCUT2D eigenvalue weighted by Gasteiger charge is -2.24. The Labute approximate surface area is 186 Å². The summed E-state index contributed by atoms with van der Waals surface area (Å²) >= 11 is 1.39. The minimum absolute atomic E-state index is 0.0839. The van der Waals surface area contributed by atoms with Crippen LogP contribution in [0.5, 0.6) is 11.5 Å². The molecule has 2 atom stereocenters. The van der Waals surface area contributed by atoms with Crippen molar-refractivity contribution in [3.8, 4) is 11.5 Å². The second-order valence-electron chi connectivity index (χ2n) is 7.55. The van der Waals surface area contributed by atoms with Crippen LogP contribution in [0.3, 0.4) is 0 Å². The summed E-state index contributed by atoms with van der Waals surface area (Å²) in [6.07, 6.45) is 0.123. The molecule has 164 valence electrons. The molecule has 0 bridgehead atoms. The highest BCUT2D eigenvalue weighted by atomic mass is 32.2. The Kier molecular flexibility index (Phi) is 6.24. The molecule has 0 unspecified atom stereocenters. The summed E-state index contributed by atoms with van der Waals surface area (Å²) in [6, 6.07) is 14.8. The Bertz CT molecular complexity index is 1100. The van der Waals surface area contributed by atoms with Crippen LogP contribution in [0.1, 0.15) is 11.1 Å². The van der Waals surface area contributed by atoms with Gasteiger partial charge in [0.1, 0.15) is 11.5 Å². The number of rotatable bonds is 6. The number of carbonyl (C=O) groups excluding carboxylic acids is 1. The number of aliphatic imine (C=N–C) groups is 1. The lowest BCUT2D eigenvalue weighted by atomic mass is 10.1. The van der Waals surface area contributed by atoms with Crippen LogP contribution >= 0.6 is 11.8 Å². The summed E-state index contributed by atoms with van der Waals surface area (Å²) < 4.78 is 34.9. The van der Waals surface area contributed by atoms with Crippen LogP contribution in [0.25, 0.3) is 0 Å². The molecular weight excluding hydrogens is 436 g/mol. The van der Waals surface area contributed by atoms with Crippen LogP contribution in [-0.2, 0) is 27.6 Å². The van der Waals surface area contributed by atoms with Gasteiger partial charge in [-0.15, -0.1) is 0 Å². The number of sulfone groups is 1. The van der Waals surface area contributed by atoms with Gasteiger partial charge in [-0.1, -0.05) is 42.1 Å². The molecule has 0 spiro atoms. The summed E-state index contributed by atoms with van der Waals surface area (Å²) in [5.74, 6) is 1.31. The first-order valence-corrected chi connectivity index (χ1v) is 12.6. The van der Waals surface area contributed by atoms with E-state index < -0.39 is 9.84 Å². The van der Waals surface area contributed by atoms with Crippen molar-refractivity contribution < 1.29 is 22.7 Å². The maximum absolute atomic E-state index is 12.7. The maximum atomic E-state index is 12.7. The van der Waals surface area contributed by atoms with Gasteiger partial charge < -0.3 is 14.4 Å². The molecule has 2 fully saturated rings. The van der Waals surface area contributed by atoms with E-state index >= 15 is 0 Å². The zero-order chi connectivity index (χ0) is 22.0. The Balaban J connectivity index is 1.57. The van der Waals surface area contributed by atoms with Crippen molar-refractivity contribution in [3.63, 3.8) is 0 Å². The summed E-state index contributed by atoms with van der Waals surface area (Å²) in [6.45, 7) is 0.481. The third kappa shape index (κ3) is 4.88. The van der Waals surface area contributed by atoms with E-state index in [0.29, 0.717) is 17.5 Å². The van der Waals surface area contributed by atoms with Gasteiger partial charge in [0, 0.05) is 17.4 Å². The molecule has 31 heavy (non-hydrogen) atoms. The van der Waals surface area contributed by atoms with Crippen molar-refractivity contribution in [1.29, 1.82) is 0 Å². The molecule has 2 aromatic rings. The number of para-hydroxylation sites is 1. The van der Waals surface area contributed by atoms with Gasteiger partial charge in [0.05, 0.1) is 38.2 Å². The number of ether oxygens (including phenoxy) is 2. The highest BCUT2D eigenvalue weighted by molar-refractivity contribution is 8.15. The minimum Gasteiger partial charge on any atom is -0.497 e. The van der Waals surface area contributed by atoms with Crippen molar-refractivity contribution >= 4 is 32.7 Å². The SMILES string of the molecule is COc1ccc(CN2C(=NC(=O)Cc3ccccc3OC)S[C@H]3CS(=O)(=O)C[C@H]32)cc1. The van der Waals surface area contributed by atoms with Crippen molar-refractivity contribution in [2.24, 2.45) is 4.99 Å². The Morgan fingerprint density at radius 1 is 1.10 bits per heavy atom. The van der Waals surface area contributed by atoms with E-state index in [9.17, 15) is 13.2 Å². The first-order chi connectivity index (χ1) is 14.9. The van der Waals surface area contributed by atoms with E-state index in [1.165, 1.54) is 11.8 Å². The number of fused-ring (bicyclic) bond motifs is 1. The van der Waals surface area contributed by atoms with Gasteiger partial charge in [0.15, 0.2) is 15.0 Å². The number of nitrogens with zero attached hydrogens (tertiary/aromatic N) is 2. The van der Waals surface area contributed by atoms with E-state index in [4.69, 9.17) is 9.47 Å². The molecule has 0 aliphatic carbocycles. The van der Waals surface area contributed by atoms with Gasteiger partial charge in [0.2, 0.25) is 0 Å². The van der Waals surface area contributed by atoms with Crippen molar-refractivity contribution in [3.05, 3.63) is 59.7 Å². The van der Waals surface area contributed by atoms with E-state index in [2.05, 4.69) is 4.99 Å². The summed E-state index contributed by atoms with van der Waals surface area (Å²) in [4.78, 5) is 19.1. The summed E-state index contributed by atoms with van der Waals surface area (Å²) in [5, 5.41) is 0.474. The number of hydrogen-bond acceptors (Lipinski definition) is 6. The lowest BCUT2D eigenvalue weighted by Crippen LogP contribution is -2.37. The van der Waals surface area contributed by atoms with Crippen LogP contribution in [0.2, 0.25) is 0 Å². The van der Waals surface area contributed by atoms with Gasteiger partial charge in [0.25, 0.3) is 5.91 Å². The summed E-state index contributed by atoms with van der Waals surface area (Å²) in [7, 11) is 0.0892. The monoisotopic (exact) mass is 460 g/mol. The second-order valence-corrected chi connectivity index (χ2v) is 10.9. The minimum atomic E-state index is -3.09. The lowest BCUT2D eigenvalue weighted by molar-refractivity contribution is -0.117. The third-order valence-electron chi connectivity index (χ3n) is 5.44. The largest absolute Gasteiger partial charge is 0.497 e. The Hall–Kier alpha value is -2.52. The van der Waals surface area contributed by atoms with Gasteiger partial charge in [-0.05, 0) is 23.8 Å². The average molecular weight is 461 g/mol. The molecule has 2 aromatic carbocycles. The molecule has 2 heterocycles. The second kappa shape index (κ2) is 8.92. The van der Waals surface area contributed by atoms with Crippen LogP contribution in [0.4, 0.5) is 0 Å². The average Bonchev–Trinajstić information content (AvgIpc) is 3.20. The van der Waals surface area contributed by atoms with Crippen molar-refractivity contribution in [1.82, 2.24) is 4.90 Å². The Morgan fingerprint density at radius 2 is 1.84 bits per heavy atom. The fourth-order valence-electron chi connectivity index (χ4n) is 3.91.